The maximum absolute atomic E-state index is 12.8. The number of benzene rings is 1. The van der Waals surface area contributed by atoms with Crippen LogP contribution >= 0.6 is 0 Å². The number of anilines is 1. The van der Waals surface area contributed by atoms with E-state index in [4.69, 9.17) is 4.52 Å². The summed E-state index contributed by atoms with van der Waals surface area (Å²) in [5.41, 5.74) is 1.49. The molecule has 3 rings (SSSR count). The zero-order valence-corrected chi connectivity index (χ0v) is 16.8. The number of rotatable bonds is 6. The highest BCUT2D eigenvalue weighted by Gasteiger charge is 2.31. The van der Waals surface area contributed by atoms with Crippen LogP contribution in [0.4, 0.5) is 5.69 Å². The van der Waals surface area contributed by atoms with Gasteiger partial charge in [0.1, 0.15) is 6.04 Å². The largest absolute Gasteiger partial charge is 0.334 e. The lowest BCUT2D eigenvalue weighted by atomic mass is 10.0. The summed E-state index contributed by atoms with van der Waals surface area (Å²) in [6.45, 7) is 6.65. The predicted molar refractivity (Wildman–Crippen MR) is 107 cm³/mol. The van der Waals surface area contributed by atoms with Crippen LogP contribution in [-0.4, -0.2) is 39.4 Å². The molecule has 1 aromatic heterocycles. The molecule has 1 N–H and O–H groups in total. The molecule has 2 aromatic rings. The standard InChI is InChI=1S/C21H28N4O3/c1-4-7-18(26)25-13-6-5-8-17(25)20(27)22-16-11-9-15(10-12-16)21-23-19(14(2)3)24-28-21/h9-12,14,17H,4-8,13H2,1-3H3,(H,22,27). The zero-order valence-electron chi connectivity index (χ0n) is 16.8. The van der Waals surface area contributed by atoms with E-state index in [1.165, 1.54) is 0 Å². The van der Waals surface area contributed by atoms with Gasteiger partial charge in [0.25, 0.3) is 5.89 Å². The van der Waals surface area contributed by atoms with Crippen LogP contribution in [0.15, 0.2) is 28.8 Å². The van der Waals surface area contributed by atoms with Crippen LogP contribution in [0, 0.1) is 0 Å². The van der Waals surface area contributed by atoms with Gasteiger partial charge in [0.2, 0.25) is 11.8 Å². The molecule has 150 valence electrons. The van der Waals surface area contributed by atoms with Crippen molar-refractivity contribution >= 4 is 17.5 Å². The maximum Gasteiger partial charge on any atom is 0.257 e. The molecule has 0 radical (unpaired) electrons. The van der Waals surface area contributed by atoms with Crippen molar-refractivity contribution in [3.05, 3.63) is 30.1 Å². The molecular formula is C21H28N4O3. The Labute approximate surface area is 165 Å². The molecule has 0 spiro atoms. The van der Waals surface area contributed by atoms with Crippen LogP contribution in [0.1, 0.15) is 64.6 Å². The highest BCUT2D eigenvalue weighted by atomic mass is 16.5. The molecular weight excluding hydrogens is 356 g/mol. The minimum Gasteiger partial charge on any atom is -0.334 e. The molecule has 1 aliphatic heterocycles. The topological polar surface area (TPSA) is 88.3 Å². The second kappa shape index (κ2) is 8.99. The molecule has 1 aliphatic rings. The van der Waals surface area contributed by atoms with Gasteiger partial charge in [-0.05, 0) is 49.9 Å². The Hall–Kier alpha value is -2.70. The smallest absolute Gasteiger partial charge is 0.257 e. The summed E-state index contributed by atoms with van der Waals surface area (Å²) >= 11 is 0. The summed E-state index contributed by atoms with van der Waals surface area (Å²) < 4.78 is 5.30. The van der Waals surface area contributed by atoms with Crippen molar-refractivity contribution in [1.82, 2.24) is 15.0 Å². The summed E-state index contributed by atoms with van der Waals surface area (Å²) in [6, 6.07) is 6.92. The van der Waals surface area contributed by atoms with E-state index < -0.39 is 6.04 Å². The molecule has 28 heavy (non-hydrogen) atoms. The van der Waals surface area contributed by atoms with E-state index in [0.29, 0.717) is 36.8 Å². The average Bonchev–Trinajstić information content (AvgIpc) is 3.19. The number of nitrogens with one attached hydrogen (secondary N) is 1. The molecule has 0 aliphatic carbocycles. The Morgan fingerprint density at radius 1 is 1.25 bits per heavy atom. The first-order chi connectivity index (χ1) is 13.5. The third kappa shape index (κ3) is 4.58. The highest BCUT2D eigenvalue weighted by molar-refractivity contribution is 5.97. The summed E-state index contributed by atoms with van der Waals surface area (Å²) in [6.07, 6.45) is 3.90. The normalized spacial score (nSPS) is 17.0. The fourth-order valence-electron chi connectivity index (χ4n) is 3.37. The Kier molecular flexibility index (Phi) is 6.44. The molecule has 0 bridgehead atoms. The van der Waals surface area contributed by atoms with Gasteiger partial charge in [0.15, 0.2) is 5.82 Å². The first-order valence-corrected chi connectivity index (χ1v) is 10.0. The van der Waals surface area contributed by atoms with E-state index in [0.717, 1.165) is 24.8 Å². The van der Waals surface area contributed by atoms with Crippen molar-refractivity contribution < 1.29 is 14.1 Å². The highest BCUT2D eigenvalue weighted by Crippen LogP contribution is 2.23. The van der Waals surface area contributed by atoms with Gasteiger partial charge in [-0.2, -0.15) is 4.98 Å². The zero-order chi connectivity index (χ0) is 20.1. The van der Waals surface area contributed by atoms with Crippen molar-refractivity contribution in [1.29, 1.82) is 0 Å². The molecule has 1 atom stereocenters. The van der Waals surface area contributed by atoms with E-state index in [1.807, 2.05) is 45.0 Å². The molecule has 2 heterocycles. The van der Waals surface area contributed by atoms with Crippen LogP contribution in [-0.2, 0) is 9.59 Å². The molecule has 1 fully saturated rings. The van der Waals surface area contributed by atoms with Gasteiger partial charge in [-0.25, -0.2) is 0 Å². The van der Waals surface area contributed by atoms with Crippen LogP contribution in [0.5, 0.6) is 0 Å². The molecule has 1 saturated heterocycles. The lowest BCUT2D eigenvalue weighted by Crippen LogP contribution is -2.49. The third-order valence-electron chi connectivity index (χ3n) is 4.95. The molecule has 7 nitrogen and oxygen atoms in total. The molecule has 7 heteroatoms. The van der Waals surface area contributed by atoms with Crippen LogP contribution in [0.3, 0.4) is 0 Å². The number of amides is 2. The van der Waals surface area contributed by atoms with Crippen molar-refractivity contribution in [3.8, 4) is 11.5 Å². The van der Waals surface area contributed by atoms with Gasteiger partial charge < -0.3 is 14.7 Å². The van der Waals surface area contributed by atoms with Gasteiger partial charge in [-0.1, -0.05) is 25.9 Å². The SMILES string of the molecule is CCCC(=O)N1CCCCC1C(=O)Nc1ccc(-c2nc(C(C)C)no2)cc1. The van der Waals surface area contributed by atoms with Crippen molar-refractivity contribution in [3.63, 3.8) is 0 Å². The second-order valence-corrected chi connectivity index (χ2v) is 7.53. The van der Waals surface area contributed by atoms with E-state index in [1.54, 1.807) is 4.90 Å². The Bertz CT molecular complexity index is 813. The van der Waals surface area contributed by atoms with Crippen LogP contribution in [0.25, 0.3) is 11.5 Å². The number of likely N-dealkylation sites (tertiary alicyclic amines) is 1. The van der Waals surface area contributed by atoms with Gasteiger partial charge in [0, 0.05) is 30.1 Å². The number of piperidine rings is 1. The quantitative estimate of drug-likeness (QED) is 0.814. The Morgan fingerprint density at radius 2 is 2.00 bits per heavy atom. The number of carbonyl (C=O) groups is 2. The van der Waals surface area contributed by atoms with Crippen molar-refractivity contribution in [2.45, 2.75) is 64.8 Å². The minimum atomic E-state index is -0.392. The fourth-order valence-corrected chi connectivity index (χ4v) is 3.37. The fraction of sp³-hybridized carbons (Fsp3) is 0.524. The van der Waals surface area contributed by atoms with Crippen molar-refractivity contribution in [2.75, 3.05) is 11.9 Å². The maximum atomic E-state index is 12.8. The molecule has 1 aromatic carbocycles. The average molecular weight is 384 g/mol. The van der Waals surface area contributed by atoms with E-state index >= 15 is 0 Å². The van der Waals surface area contributed by atoms with Gasteiger partial charge in [-0.15, -0.1) is 0 Å². The van der Waals surface area contributed by atoms with E-state index in [9.17, 15) is 9.59 Å². The number of aromatic nitrogens is 2. The van der Waals surface area contributed by atoms with Gasteiger partial charge in [-0.3, -0.25) is 9.59 Å². The van der Waals surface area contributed by atoms with E-state index in [2.05, 4.69) is 15.5 Å². The number of carbonyl (C=O) groups excluding carboxylic acids is 2. The molecule has 2 amide bonds. The number of hydrogen-bond donors (Lipinski definition) is 1. The Morgan fingerprint density at radius 3 is 2.64 bits per heavy atom. The lowest BCUT2D eigenvalue weighted by Gasteiger charge is -2.34. The summed E-state index contributed by atoms with van der Waals surface area (Å²) in [5, 5.41) is 6.91. The van der Waals surface area contributed by atoms with Crippen molar-refractivity contribution in [2.24, 2.45) is 0 Å². The number of hydrogen-bond acceptors (Lipinski definition) is 5. The van der Waals surface area contributed by atoms with Gasteiger partial charge >= 0.3 is 0 Å². The van der Waals surface area contributed by atoms with Crippen LogP contribution in [0.2, 0.25) is 0 Å². The summed E-state index contributed by atoms with van der Waals surface area (Å²) in [5.74, 6) is 1.27. The minimum absolute atomic E-state index is 0.0649. The lowest BCUT2D eigenvalue weighted by molar-refractivity contribution is -0.140. The Balaban J connectivity index is 1.67. The molecule has 1 unspecified atom stereocenters. The monoisotopic (exact) mass is 384 g/mol. The third-order valence-corrected chi connectivity index (χ3v) is 4.95. The predicted octanol–water partition coefficient (Wildman–Crippen LogP) is 3.98. The first kappa shape index (κ1) is 20.0. The number of nitrogens with zero attached hydrogens (tertiary/aromatic N) is 3. The van der Waals surface area contributed by atoms with Crippen LogP contribution < -0.4 is 5.32 Å². The van der Waals surface area contributed by atoms with E-state index in [-0.39, 0.29) is 17.7 Å². The molecule has 0 saturated carbocycles. The summed E-state index contributed by atoms with van der Waals surface area (Å²) in [7, 11) is 0. The summed E-state index contributed by atoms with van der Waals surface area (Å²) in [4.78, 5) is 31.2. The van der Waals surface area contributed by atoms with Gasteiger partial charge in [0.05, 0.1) is 0 Å². The second-order valence-electron chi connectivity index (χ2n) is 7.53. The first-order valence-electron chi connectivity index (χ1n) is 10.0.